The van der Waals surface area contributed by atoms with Crippen LogP contribution < -0.4 is 20.6 Å². The van der Waals surface area contributed by atoms with Crippen LogP contribution in [-0.2, 0) is 40.1 Å². The van der Waals surface area contributed by atoms with E-state index in [1.165, 1.54) is 52.0 Å². The molecule has 16 nitrogen and oxygen atoms in total. The fraction of sp³-hybridized carbons (Fsp3) is 0.667. The number of aliphatic hydroxyl groups excluding tert-OH is 4. The molecule has 0 aromatic carbocycles. The summed E-state index contributed by atoms with van der Waals surface area (Å²) in [4.78, 5) is 0. The average molecular weight is 717 g/mol. The first-order valence-electron chi connectivity index (χ1n) is 12.8. The molecule has 20 heteroatoms. The number of aliphatic hydroxyl groups is 4. The van der Waals surface area contributed by atoms with Gasteiger partial charge in [-0.15, -0.1) is 26.3 Å². The first-order valence-corrected chi connectivity index (χ1v) is 19.2. The molecule has 0 amide bonds. The number of nitrogens with two attached hydrogens (primary N) is 4. The summed E-state index contributed by atoms with van der Waals surface area (Å²) in [5, 5.41) is 51.9. The molecular formula is C24H52N4O12S4. The maximum absolute atomic E-state index is 10.6. The second-order valence-electron chi connectivity index (χ2n) is 9.54. The van der Waals surface area contributed by atoms with Crippen LogP contribution in [0.2, 0.25) is 0 Å². The van der Waals surface area contributed by atoms with E-state index < -0.39 is 85.5 Å². The third kappa shape index (κ3) is 24.7. The normalized spacial score (nSPS) is 17.4. The van der Waals surface area contributed by atoms with E-state index >= 15 is 0 Å². The zero-order chi connectivity index (χ0) is 36.3. The summed E-state index contributed by atoms with van der Waals surface area (Å²) < 4.78 is 85.0. The molecule has 0 heterocycles. The van der Waals surface area contributed by atoms with Gasteiger partial charge in [0.25, 0.3) is 0 Å². The van der Waals surface area contributed by atoms with Crippen molar-refractivity contribution in [2.45, 2.75) is 98.8 Å². The monoisotopic (exact) mass is 716 g/mol. The van der Waals surface area contributed by atoms with E-state index in [0.717, 1.165) is 0 Å². The highest BCUT2D eigenvalue weighted by molar-refractivity contribution is 7.90. The van der Waals surface area contributed by atoms with Gasteiger partial charge < -0.3 is 20.4 Å². The van der Waals surface area contributed by atoms with Gasteiger partial charge in [0, 0.05) is 0 Å². The summed E-state index contributed by atoms with van der Waals surface area (Å²) in [6.45, 7) is 18.9. The first-order chi connectivity index (χ1) is 19.6. The minimum atomic E-state index is -3.62. The Bertz CT molecular complexity index is 1090. The van der Waals surface area contributed by atoms with Crippen LogP contribution in [0.5, 0.6) is 0 Å². The van der Waals surface area contributed by atoms with Crippen LogP contribution >= 0.6 is 0 Å². The number of primary sulfonamides is 4. The summed E-state index contributed by atoms with van der Waals surface area (Å²) >= 11 is 0. The minimum absolute atomic E-state index is 0.234. The lowest BCUT2D eigenvalue weighted by Crippen LogP contribution is -2.35. The Morgan fingerprint density at radius 1 is 0.432 bits per heavy atom. The van der Waals surface area contributed by atoms with E-state index in [0.29, 0.717) is 0 Å². The second-order valence-corrected chi connectivity index (χ2v) is 17.2. The largest absolute Gasteiger partial charge is 0.391 e. The summed E-state index contributed by atoms with van der Waals surface area (Å²) in [7, 11) is -14.5. The molecule has 0 unspecified atom stereocenters. The van der Waals surface area contributed by atoms with Crippen molar-refractivity contribution >= 4 is 40.1 Å². The van der Waals surface area contributed by atoms with Crippen LogP contribution in [0.15, 0.2) is 50.6 Å². The third-order valence-corrected chi connectivity index (χ3v) is 11.3. The number of hydrogen-bond donors (Lipinski definition) is 8. The van der Waals surface area contributed by atoms with Crippen molar-refractivity contribution in [3.05, 3.63) is 50.6 Å². The molecule has 0 fully saturated rings. The maximum atomic E-state index is 10.6. The standard InChI is InChI=1S/4C6H13NO3S/c4*1-3-4-6(8)5(2)11(7,9)10/h4*3,5-6,8H,1,4H2,2H3,(H2,7,9,10)/t2*5-,6+;2*5-,6-/m1010/s1. The Kier molecular flexibility index (Phi) is 25.6. The van der Waals surface area contributed by atoms with Crippen molar-refractivity contribution in [2.24, 2.45) is 20.6 Å². The zero-order valence-electron chi connectivity index (χ0n) is 25.6. The van der Waals surface area contributed by atoms with Gasteiger partial charge in [-0.25, -0.2) is 54.2 Å². The Morgan fingerprint density at radius 2 is 0.545 bits per heavy atom. The van der Waals surface area contributed by atoms with Gasteiger partial charge in [0.05, 0.1) is 45.4 Å². The number of rotatable bonds is 16. The van der Waals surface area contributed by atoms with E-state index in [-0.39, 0.29) is 25.7 Å². The Balaban J connectivity index is -0.000000242. The molecule has 0 aliphatic rings. The lowest BCUT2D eigenvalue weighted by Gasteiger charge is -2.14. The Morgan fingerprint density at radius 3 is 0.614 bits per heavy atom. The van der Waals surface area contributed by atoms with Crippen LogP contribution in [0.4, 0.5) is 0 Å². The Hall–Kier alpha value is -1.56. The van der Waals surface area contributed by atoms with Crippen molar-refractivity contribution in [3.8, 4) is 0 Å². The fourth-order valence-corrected chi connectivity index (χ4v) is 4.52. The lowest BCUT2D eigenvalue weighted by molar-refractivity contribution is 0.175. The molecule has 0 aliphatic carbocycles. The quantitative estimate of drug-likeness (QED) is 0.0838. The van der Waals surface area contributed by atoms with Gasteiger partial charge in [0.15, 0.2) is 0 Å². The molecule has 0 saturated heterocycles. The summed E-state index contributed by atoms with van der Waals surface area (Å²) in [5.41, 5.74) is 0. The van der Waals surface area contributed by atoms with Gasteiger partial charge in [0.1, 0.15) is 0 Å². The van der Waals surface area contributed by atoms with Gasteiger partial charge in [-0.3, -0.25) is 0 Å². The third-order valence-electron chi connectivity index (χ3n) is 5.87. The van der Waals surface area contributed by atoms with Crippen LogP contribution in [0.3, 0.4) is 0 Å². The zero-order valence-corrected chi connectivity index (χ0v) is 28.8. The lowest BCUT2D eigenvalue weighted by atomic mass is 10.2. The smallest absolute Gasteiger partial charge is 0.214 e. The number of sulfonamides is 4. The number of hydrogen-bond acceptors (Lipinski definition) is 12. The molecule has 0 aromatic rings. The van der Waals surface area contributed by atoms with E-state index in [1.54, 1.807) is 0 Å². The molecule has 12 N–H and O–H groups in total. The molecule has 264 valence electrons. The van der Waals surface area contributed by atoms with Gasteiger partial charge in [0.2, 0.25) is 40.1 Å². The summed E-state index contributed by atoms with van der Waals surface area (Å²) in [6, 6.07) is 0. The minimum Gasteiger partial charge on any atom is -0.391 e. The second kappa shape index (κ2) is 22.9. The highest BCUT2D eigenvalue weighted by atomic mass is 32.2. The highest BCUT2D eigenvalue weighted by Gasteiger charge is 2.25. The van der Waals surface area contributed by atoms with Crippen LogP contribution in [0.1, 0.15) is 53.4 Å². The molecule has 0 spiro atoms. The van der Waals surface area contributed by atoms with Crippen LogP contribution in [0.25, 0.3) is 0 Å². The van der Waals surface area contributed by atoms with Crippen LogP contribution in [0, 0.1) is 0 Å². The molecule has 0 bridgehead atoms. The summed E-state index contributed by atoms with van der Waals surface area (Å²) in [6.07, 6.45) is 2.91. The molecule has 0 saturated carbocycles. The van der Waals surface area contributed by atoms with E-state index in [1.807, 2.05) is 0 Å². The molecule has 44 heavy (non-hydrogen) atoms. The molecule has 0 radical (unpaired) electrons. The van der Waals surface area contributed by atoms with Crippen molar-refractivity contribution in [2.75, 3.05) is 0 Å². The van der Waals surface area contributed by atoms with Crippen LogP contribution in [-0.4, -0.2) is 99.5 Å². The average Bonchev–Trinajstić information content (AvgIpc) is 2.86. The van der Waals surface area contributed by atoms with E-state index in [9.17, 15) is 33.7 Å². The maximum Gasteiger partial charge on any atom is 0.214 e. The van der Waals surface area contributed by atoms with Gasteiger partial charge in [-0.2, -0.15) is 0 Å². The summed E-state index contributed by atoms with van der Waals surface area (Å²) in [5.74, 6) is 0. The van der Waals surface area contributed by atoms with Crippen molar-refractivity contribution in [3.63, 3.8) is 0 Å². The van der Waals surface area contributed by atoms with Crippen molar-refractivity contribution in [1.29, 1.82) is 0 Å². The SMILES string of the molecule is C=CC[C@@H](O)[C@@H](C)S(N)(=O)=O.C=CC[C@@H](O)[C@H](C)S(N)(=O)=O.C=CC[C@H](O)[C@@H](C)S(N)(=O)=O.C=CC[C@H](O)[C@H](C)S(N)(=O)=O. The molecule has 0 rings (SSSR count). The topological polar surface area (TPSA) is 322 Å². The molecule has 0 aliphatic heterocycles. The van der Waals surface area contributed by atoms with Gasteiger partial charge >= 0.3 is 0 Å². The van der Waals surface area contributed by atoms with E-state index in [2.05, 4.69) is 26.3 Å². The highest BCUT2D eigenvalue weighted by Crippen LogP contribution is 2.08. The molecule has 0 aromatic heterocycles. The van der Waals surface area contributed by atoms with E-state index in [4.69, 9.17) is 41.0 Å². The first kappa shape index (κ1) is 49.3. The van der Waals surface area contributed by atoms with Gasteiger partial charge in [-0.1, -0.05) is 24.3 Å². The van der Waals surface area contributed by atoms with Gasteiger partial charge in [-0.05, 0) is 53.4 Å². The Labute approximate surface area is 263 Å². The molecule has 8 atom stereocenters. The van der Waals surface area contributed by atoms with Crippen molar-refractivity contribution < 1.29 is 54.1 Å². The predicted molar refractivity (Wildman–Crippen MR) is 174 cm³/mol. The fourth-order valence-electron chi connectivity index (χ4n) is 2.33. The van der Waals surface area contributed by atoms with Crippen molar-refractivity contribution in [1.82, 2.24) is 0 Å². The predicted octanol–water partition coefficient (Wildman–Crippen LogP) is -1.60. The molecular weight excluding hydrogens is 665 g/mol.